The van der Waals surface area contributed by atoms with Gasteiger partial charge in [0.25, 0.3) is 0 Å². The van der Waals surface area contributed by atoms with E-state index in [1.54, 1.807) is 0 Å². The second kappa shape index (κ2) is 8.21. The first-order valence-electron chi connectivity index (χ1n) is 10.4. The number of furan rings is 1. The van der Waals surface area contributed by atoms with Crippen molar-refractivity contribution in [3.05, 3.63) is 41.7 Å². The van der Waals surface area contributed by atoms with E-state index in [2.05, 4.69) is 18.3 Å². The number of anilines is 1. The molecule has 0 saturated heterocycles. The lowest BCUT2D eigenvalue weighted by atomic mass is 9.84. The summed E-state index contributed by atoms with van der Waals surface area (Å²) in [6, 6.07) is 9.82. The lowest BCUT2D eigenvalue weighted by molar-refractivity contribution is -0.139. The van der Waals surface area contributed by atoms with Crippen molar-refractivity contribution >= 4 is 17.5 Å². The van der Waals surface area contributed by atoms with Crippen LogP contribution in [-0.4, -0.2) is 23.3 Å². The van der Waals surface area contributed by atoms with Gasteiger partial charge in [-0.05, 0) is 49.6 Å². The van der Waals surface area contributed by atoms with Gasteiger partial charge in [-0.25, -0.2) is 0 Å². The summed E-state index contributed by atoms with van der Waals surface area (Å²) in [4.78, 5) is 26.4. The molecule has 5 heteroatoms. The Kier molecular flexibility index (Phi) is 5.51. The van der Waals surface area contributed by atoms with Crippen LogP contribution >= 0.6 is 0 Å². The second-order valence-electron chi connectivity index (χ2n) is 7.93. The number of fused-ring (bicyclic) bond motifs is 1. The van der Waals surface area contributed by atoms with Crippen LogP contribution in [0, 0.1) is 5.92 Å². The van der Waals surface area contributed by atoms with Crippen LogP contribution in [0.4, 0.5) is 5.69 Å². The Morgan fingerprint density at radius 2 is 2.00 bits per heavy atom. The van der Waals surface area contributed by atoms with Gasteiger partial charge in [-0.3, -0.25) is 9.59 Å². The molecule has 2 heterocycles. The van der Waals surface area contributed by atoms with Crippen LogP contribution in [0.3, 0.4) is 0 Å². The fraction of sp³-hybridized carbons (Fsp3) is 0.478. The topological polar surface area (TPSA) is 62.6 Å². The van der Waals surface area contributed by atoms with Gasteiger partial charge >= 0.3 is 0 Å². The molecule has 5 nitrogen and oxygen atoms in total. The highest BCUT2D eigenvalue weighted by molar-refractivity contribution is 5.90. The number of carbonyl (C=O) groups excluding carboxylic acids is 2. The predicted molar refractivity (Wildman–Crippen MR) is 109 cm³/mol. The van der Waals surface area contributed by atoms with Crippen molar-refractivity contribution in [2.24, 2.45) is 5.92 Å². The fourth-order valence-corrected chi connectivity index (χ4v) is 3.86. The van der Waals surface area contributed by atoms with Gasteiger partial charge in [0.1, 0.15) is 11.5 Å². The van der Waals surface area contributed by atoms with Crippen molar-refractivity contribution in [2.45, 2.75) is 58.4 Å². The van der Waals surface area contributed by atoms with Crippen molar-refractivity contribution in [3.63, 3.8) is 0 Å². The van der Waals surface area contributed by atoms with E-state index in [-0.39, 0.29) is 11.8 Å². The van der Waals surface area contributed by atoms with Crippen LogP contribution in [0.15, 0.2) is 34.7 Å². The van der Waals surface area contributed by atoms with Crippen molar-refractivity contribution < 1.29 is 14.0 Å². The first-order valence-corrected chi connectivity index (χ1v) is 10.4. The highest BCUT2D eigenvalue weighted by Gasteiger charge is 2.32. The third kappa shape index (κ3) is 3.98. The molecule has 2 aliphatic rings. The summed E-state index contributed by atoms with van der Waals surface area (Å²) < 4.78 is 6.07. The van der Waals surface area contributed by atoms with Crippen molar-refractivity contribution in [1.82, 2.24) is 4.90 Å². The standard InChI is InChI=1S/C23H28N2O3/c1-2-3-7-22(26)24-19-10-8-16(9-11-19)21-14-18-15-25(13-12-20(18)28-21)23(27)17-5-4-6-17/h8-11,14,17H,2-7,12-13,15H2,1H3,(H,24,26). The zero-order chi connectivity index (χ0) is 19.5. The van der Waals surface area contributed by atoms with E-state index in [0.717, 1.165) is 67.0 Å². The molecule has 2 aromatic rings. The highest BCUT2D eigenvalue weighted by Crippen LogP contribution is 2.33. The van der Waals surface area contributed by atoms with Gasteiger partial charge in [0.15, 0.2) is 0 Å². The predicted octanol–water partition coefficient (Wildman–Crippen LogP) is 4.76. The molecule has 2 amide bonds. The molecule has 1 fully saturated rings. The molecule has 28 heavy (non-hydrogen) atoms. The number of amides is 2. The summed E-state index contributed by atoms with van der Waals surface area (Å²) >= 11 is 0. The number of benzene rings is 1. The zero-order valence-corrected chi connectivity index (χ0v) is 16.5. The molecule has 1 aliphatic carbocycles. The molecule has 1 aromatic carbocycles. The molecule has 0 bridgehead atoms. The molecule has 4 rings (SSSR count). The number of carbonyl (C=O) groups is 2. The molecule has 1 aliphatic heterocycles. The average Bonchev–Trinajstić information content (AvgIpc) is 3.08. The van der Waals surface area contributed by atoms with E-state index in [0.29, 0.717) is 18.9 Å². The number of hydrogen-bond acceptors (Lipinski definition) is 3. The summed E-state index contributed by atoms with van der Waals surface area (Å²) in [5.41, 5.74) is 2.90. The smallest absolute Gasteiger partial charge is 0.225 e. The number of nitrogens with zero attached hydrogens (tertiary/aromatic N) is 1. The molecule has 0 spiro atoms. The van der Waals surface area contributed by atoms with E-state index in [1.165, 1.54) is 6.42 Å². The van der Waals surface area contributed by atoms with Gasteiger partial charge in [-0.1, -0.05) is 19.8 Å². The lowest BCUT2D eigenvalue weighted by Gasteiger charge is -2.33. The van der Waals surface area contributed by atoms with Gasteiger partial charge in [-0.15, -0.1) is 0 Å². The molecule has 0 radical (unpaired) electrons. The molecule has 1 saturated carbocycles. The minimum atomic E-state index is 0.0549. The largest absolute Gasteiger partial charge is 0.461 e. The third-order valence-electron chi connectivity index (χ3n) is 5.84. The summed E-state index contributed by atoms with van der Waals surface area (Å²) in [5.74, 6) is 2.42. The summed E-state index contributed by atoms with van der Waals surface area (Å²) in [6.07, 6.45) is 6.51. The van der Waals surface area contributed by atoms with E-state index in [9.17, 15) is 9.59 Å². The first-order chi connectivity index (χ1) is 13.6. The summed E-state index contributed by atoms with van der Waals surface area (Å²) in [5, 5.41) is 2.93. The normalized spacial score (nSPS) is 16.4. The SMILES string of the molecule is CCCCC(=O)Nc1ccc(-c2cc3c(o2)CCN(C(=O)C2CCC2)C3)cc1. The molecule has 0 unspecified atom stereocenters. The van der Waals surface area contributed by atoms with E-state index in [4.69, 9.17) is 4.42 Å². The zero-order valence-electron chi connectivity index (χ0n) is 16.5. The number of nitrogens with one attached hydrogen (secondary N) is 1. The Hall–Kier alpha value is -2.56. The lowest BCUT2D eigenvalue weighted by Crippen LogP contribution is -2.41. The maximum absolute atomic E-state index is 12.5. The number of rotatable bonds is 6. The van der Waals surface area contributed by atoms with Gasteiger partial charge in [0.2, 0.25) is 11.8 Å². The first kappa shape index (κ1) is 18.8. The Balaban J connectivity index is 1.41. The number of hydrogen-bond donors (Lipinski definition) is 1. The Morgan fingerprint density at radius 1 is 1.21 bits per heavy atom. The molecular formula is C23H28N2O3. The maximum Gasteiger partial charge on any atom is 0.225 e. The molecular weight excluding hydrogens is 352 g/mol. The van der Waals surface area contributed by atoms with Crippen LogP contribution < -0.4 is 5.32 Å². The van der Waals surface area contributed by atoms with Gasteiger partial charge in [0.05, 0.1) is 0 Å². The van der Waals surface area contributed by atoms with Crippen molar-refractivity contribution in [3.8, 4) is 11.3 Å². The van der Waals surface area contributed by atoms with Crippen molar-refractivity contribution in [2.75, 3.05) is 11.9 Å². The molecule has 1 N–H and O–H groups in total. The minimum Gasteiger partial charge on any atom is -0.461 e. The van der Waals surface area contributed by atoms with E-state index >= 15 is 0 Å². The van der Waals surface area contributed by atoms with E-state index in [1.807, 2.05) is 29.2 Å². The van der Waals surface area contributed by atoms with Crippen molar-refractivity contribution in [1.29, 1.82) is 0 Å². The van der Waals surface area contributed by atoms with Gasteiger partial charge < -0.3 is 14.6 Å². The average molecular weight is 380 g/mol. The van der Waals surface area contributed by atoms with Gasteiger partial charge in [0, 0.05) is 48.7 Å². The Labute approximate surface area is 166 Å². The quantitative estimate of drug-likeness (QED) is 0.786. The fourth-order valence-electron chi connectivity index (χ4n) is 3.86. The Bertz CT molecular complexity index is 849. The van der Waals surface area contributed by atoms with Crippen LogP contribution in [-0.2, 0) is 22.6 Å². The summed E-state index contributed by atoms with van der Waals surface area (Å²) in [6.45, 7) is 3.48. The third-order valence-corrected chi connectivity index (χ3v) is 5.84. The van der Waals surface area contributed by atoms with E-state index < -0.39 is 0 Å². The van der Waals surface area contributed by atoms with Crippen LogP contribution in [0.25, 0.3) is 11.3 Å². The highest BCUT2D eigenvalue weighted by atomic mass is 16.3. The Morgan fingerprint density at radius 3 is 2.68 bits per heavy atom. The van der Waals surface area contributed by atoms with Crippen LogP contribution in [0.2, 0.25) is 0 Å². The maximum atomic E-state index is 12.5. The second-order valence-corrected chi connectivity index (χ2v) is 7.93. The minimum absolute atomic E-state index is 0.0549. The number of unbranched alkanes of at least 4 members (excludes halogenated alkanes) is 1. The van der Waals surface area contributed by atoms with Gasteiger partial charge in [-0.2, -0.15) is 0 Å². The van der Waals surface area contributed by atoms with Crippen LogP contribution in [0.1, 0.15) is 56.8 Å². The molecule has 0 atom stereocenters. The van der Waals surface area contributed by atoms with Crippen LogP contribution in [0.5, 0.6) is 0 Å². The monoisotopic (exact) mass is 380 g/mol. The molecule has 148 valence electrons. The molecule has 1 aromatic heterocycles. The summed E-state index contributed by atoms with van der Waals surface area (Å²) in [7, 11) is 0.